The van der Waals surface area contributed by atoms with Crippen molar-refractivity contribution in [2.75, 3.05) is 13.1 Å². The maximum Gasteiger partial charge on any atom is 0.243 e. The van der Waals surface area contributed by atoms with Crippen molar-refractivity contribution in [3.63, 3.8) is 0 Å². The van der Waals surface area contributed by atoms with E-state index < -0.39 is 16.1 Å². The number of aliphatic hydroxyl groups excluding tert-OH is 1. The zero-order valence-electron chi connectivity index (χ0n) is 9.43. The molecular formula is C11H14ClNO3S. The first-order chi connectivity index (χ1) is 7.93. The summed E-state index contributed by atoms with van der Waals surface area (Å²) in [6, 6.07) is 4.82. The van der Waals surface area contributed by atoms with Crippen molar-refractivity contribution in [2.45, 2.75) is 24.3 Å². The van der Waals surface area contributed by atoms with Crippen molar-refractivity contribution in [1.82, 2.24) is 4.31 Å². The molecule has 17 heavy (non-hydrogen) atoms. The summed E-state index contributed by atoms with van der Waals surface area (Å²) in [5.41, 5.74) is 0.551. The number of nitrogens with zero attached hydrogens (tertiary/aromatic N) is 1. The van der Waals surface area contributed by atoms with Crippen LogP contribution in [0.4, 0.5) is 0 Å². The molecule has 1 aromatic carbocycles. The van der Waals surface area contributed by atoms with E-state index in [-0.39, 0.29) is 11.4 Å². The molecule has 94 valence electrons. The molecular weight excluding hydrogens is 262 g/mol. The summed E-state index contributed by atoms with van der Waals surface area (Å²) in [6.45, 7) is 2.20. The van der Waals surface area contributed by atoms with Crippen molar-refractivity contribution >= 4 is 21.6 Å². The molecule has 1 N–H and O–H groups in total. The maximum absolute atomic E-state index is 12.3. The van der Waals surface area contributed by atoms with Gasteiger partial charge in [-0.05, 0) is 31.0 Å². The second kappa shape index (κ2) is 4.57. The van der Waals surface area contributed by atoms with Crippen LogP contribution in [0.1, 0.15) is 12.0 Å². The maximum atomic E-state index is 12.3. The Morgan fingerprint density at radius 1 is 1.47 bits per heavy atom. The summed E-state index contributed by atoms with van der Waals surface area (Å²) in [5.74, 6) is 0. The highest BCUT2D eigenvalue weighted by Gasteiger charge is 2.32. The van der Waals surface area contributed by atoms with Crippen LogP contribution in [0.3, 0.4) is 0 Å². The van der Waals surface area contributed by atoms with E-state index in [2.05, 4.69) is 0 Å². The minimum Gasteiger partial charge on any atom is -0.392 e. The molecule has 1 atom stereocenters. The van der Waals surface area contributed by atoms with E-state index in [9.17, 15) is 13.5 Å². The highest BCUT2D eigenvalue weighted by Crippen LogP contribution is 2.27. The van der Waals surface area contributed by atoms with Gasteiger partial charge in [0.15, 0.2) is 0 Å². The second-order valence-electron chi connectivity index (χ2n) is 4.17. The van der Waals surface area contributed by atoms with Gasteiger partial charge in [-0.25, -0.2) is 8.42 Å². The predicted molar refractivity (Wildman–Crippen MR) is 65.6 cm³/mol. The summed E-state index contributed by atoms with van der Waals surface area (Å²) in [6.07, 6.45) is -0.0805. The van der Waals surface area contributed by atoms with Crippen LogP contribution < -0.4 is 0 Å². The van der Waals surface area contributed by atoms with Gasteiger partial charge in [0.2, 0.25) is 10.0 Å². The fourth-order valence-electron chi connectivity index (χ4n) is 1.94. The van der Waals surface area contributed by atoms with Gasteiger partial charge < -0.3 is 5.11 Å². The first kappa shape index (κ1) is 12.8. The number of β-amino-alcohol motifs (C(OH)–C–C–N with tert-alkyl or cyclic N) is 1. The van der Waals surface area contributed by atoms with Gasteiger partial charge in [-0.1, -0.05) is 17.7 Å². The van der Waals surface area contributed by atoms with Gasteiger partial charge >= 0.3 is 0 Å². The predicted octanol–water partition coefficient (Wildman–Crippen LogP) is 1.40. The molecule has 1 heterocycles. The van der Waals surface area contributed by atoms with Crippen LogP contribution >= 0.6 is 11.6 Å². The standard InChI is InChI=1S/C11H14ClNO3S/c1-8-10(12)3-2-4-11(8)17(15,16)13-6-5-9(14)7-13/h2-4,9,14H,5-7H2,1H3/t9-/m0/s1. The summed E-state index contributed by atoms with van der Waals surface area (Å²) >= 11 is 5.92. The zero-order chi connectivity index (χ0) is 12.6. The van der Waals surface area contributed by atoms with Crippen LogP contribution in [0.25, 0.3) is 0 Å². The summed E-state index contributed by atoms with van der Waals surface area (Å²) < 4.78 is 25.9. The van der Waals surface area contributed by atoms with Crippen LogP contribution in [-0.2, 0) is 10.0 Å². The Labute approximate surface area is 106 Å². The third-order valence-corrected chi connectivity index (χ3v) is 5.38. The van der Waals surface area contributed by atoms with Crippen LogP contribution in [-0.4, -0.2) is 37.0 Å². The quantitative estimate of drug-likeness (QED) is 0.888. The Morgan fingerprint density at radius 3 is 2.76 bits per heavy atom. The normalized spacial score (nSPS) is 21.9. The Balaban J connectivity index is 2.42. The first-order valence-corrected chi connectivity index (χ1v) is 7.18. The van der Waals surface area contributed by atoms with Gasteiger partial charge in [0.05, 0.1) is 11.0 Å². The molecule has 4 nitrogen and oxygen atoms in total. The van der Waals surface area contributed by atoms with E-state index in [4.69, 9.17) is 11.6 Å². The minimum atomic E-state index is -3.54. The lowest BCUT2D eigenvalue weighted by Crippen LogP contribution is -2.30. The van der Waals surface area contributed by atoms with Crippen LogP contribution in [0.2, 0.25) is 5.02 Å². The molecule has 1 fully saturated rings. The molecule has 0 amide bonds. The minimum absolute atomic E-state index is 0.161. The van der Waals surface area contributed by atoms with Gasteiger partial charge in [0.25, 0.3) is 0 Å². The van der Waals surface area contributed by atoms with Crippen molar-refractivity contribution in [3.05, 3.63) is 28.8 Å². The molecule has 1 aromatic rings. The molecule has 0 radical (unpaired) electrons. The molecule has 0 aromatic heterocycles. The fourth-order valence-corrected chi connectivity index (χ4v) is 3.91. The molecule has 0 aliphatic carbocycles. The molecule has 0 unspecified atom stereocenters. The van der Waals surface area contributed by atoms with Crippen molar-refractivity contribution in [1.29, 1.82) is 0 Å². The highest BCUT2D eigenvalue weighted by molar-refractivity contribution is 7.89. The monoisotopic (exact) mass is 275 g/mol. The summed E-state index contributed by atoms with van der Waals surface area (Å²) in [5, 5.41) is 9.84. The Bertz CT molecular complexity index is 530. The molecule has 2 rings (SSSR count). The lowest BCUT2D eigenvalue weighted by Gasteiger charge is -2.17. The molecule has 0 bridgehead atoms. The number of sulfonamides is 1. The second-order valence-corrected chi connectivity index (χ2v) is 6.48. The third kappa shape index (κ3) is 2.33. The molecule has 6 heteroatoms. The van der Waals surface area contributed by atoms with E-state index in [1.165, 1.54) is 4.31 Å². The number of aliphatic hydroxyl groups is 1. The van der Waals surface area contributed by atoms with Gasteiger partial charge in [-0.15, -0.1) is 0 Å². The van der Waals surface area contributed by atoms with Gasteiger partial charge in [0, 0.05) is 18.1 Å². The highest BCUT2D eigenvalue weighted by atomic mass is 35.5. The molecule has 1 aliphatic heterocycles. The van der Waals surface area contributed by atoms with Crippen molar-refractivity contribution in [3.8, 4) is 0 Å². The number of hydrogen-bond donors (Lipinski definition) is 1. The van der Waals surface area contributed by atoms with Crippen molar-refractivity contribution < 1.29 is 13.5 Å². The lowest BCUT2D eigenvalue weighted by molar-refractivity contribution is 0.189. The number of benzene rings is 1. The van der Waals surface area contributed by atoms with Gasteiger partial charge in [-0.3, -0.25) is 0 Å². The SMILES string of the molecule is Cc1c(Cl)cccc1S(=O)(=O)N1CC[C@H](O)C1. The molecule has 1 aliphatic rings. The van der Waals surface area contributed by atoms with E-state index in [1.54, 1.807) is 25.1 Å². The average Bonchev–Trinajstić information content (AvgIpc) is 2.69. The number of rotatable bonds is 2. The van der Waals surface area contributed by atoms with E-state index in [1.807, 2.05) is 0 Å². The van der Waals surface area contributed by atoms with E-state index >= 15 is 0 Å². The molecule has 1 saturated heterocycles. The van der Waals surface area contributed by atoms with E-state index in [0.29, 0.717) is 23.6 Å². The Kier molecular flexibility index (Phi) is 3.45. The number of halogens is 1. The topological polar surface area (TPSA) is 57.6 Å². The lowest BCUT2D eigenvalue weighted by atomic mass is 10.2. The van der Waals surface area contributed by atoms with E-state index in [0.717, 1.165) is 0 Å². The number of hydrogen-bond acceptors (Lipinski definition) is 3. The van der Waals surface area contributed by atoms with Crippen LogP contribution in [0.15, 0.2) is 23.1 Å². The van der Waals surface area contributed by atoms with Crippen molar-refractivity contribution in [2.24, 2.45) is 0 Å². The first-order valence-electron chi connectivity index (χ1n) is 5.36. The molecule has 0 saturated carbocycles. The van der Waals surface area contributed by atoms with Crippen LogP contribution in [0, 0.1) is 6.92 Å². The smallest absolute Gasteiger partial charge is 0.243 e. The Hall–Kier alpha value is -0.620. The average molecular weight is 276 g/mol. The summed E-state index contributed by atoms with van der Waals surface area (Å²) in [4.78, 5) is 0.221. The molecule has 0 spiro atoms. The zero-order valence-corrected chi connectivity index (χ0v) is 11.0. The van der Waals surface area contributed by atoms with Gasteiger partial charge in [-0.2, -0.15) is 4.31 Å². The van der Waals surface area contributed by atoms with Gasteiger partial charge in [0.1, 0.15) is 0 Å². The third-order valence-electron chi connectivity index (χ3n) is 2.96. The fraction of sp³-hybridized carbons (Fsp3) is 0.455. The Morgan fingerprint density at radius 2 is 2.18 bits per heavy atom. The largest absolute Gasteiger partial charge is 0.392 e. The van der Waals surface area contributed by atoms with Crippen LogP contribution in [0.5, 0.6) is 0 Å². The summed E-state index contributed by atoms with van der Waals surface area (Å²) in [7, 11) is -3.54.